The van der Waals surface area contributed by atoms with Crippen LogP contribution in [0.3, 0.4) is 0 Å². The number of benzene rings is 2. The number of nitrogens with zero attached hydrogens (tertiary/aromatic N) is 1. The van der Waals surface area contributed by atoms with Crippen LogP contribution in [0.4, 0.5) is 0 Å². The molecule has 0 unspecified atom stereocenters. The van der Waals surface area contributed by atoms with Gasteiger partial charge in [0.05, 0.1) is 30.6 Å². The number of carbonyl (C=O) groups is 1. The molecule has 3 aromatic rings. The molecule has 0 radical (unpaired) electrons. The third kappa shape index (κ3) is 3.30. The van der Waals surface area contributed by atoms with Gasteiger partial charge in [0.25, 0.3) is 5.91 Å². The second-order valence-electron chi connectivity index (χ2n) is 5.50. The van der Waals surface area contributed by atoms with E-state index in [2.05, 4.69) is 15.5 Å². The van der Waals surface area contributed by atoms with E-state index in [4.69, 9.17) is 4.74 Å². The second kappa shape index (κ2) is 7.00. The number of amides is 1. The number of ether oxygens (including phenoxy) is 1. The number of rotatable bonds is 5. The lowest BCUT2D eigenvalue weighted by Crippen LogP contribution is -2.26. The number of aromatic nitrogens is 2. The third-order valence-corrected chi connectivity index (χ3v) is 3.89. The third-order valence-electron chi connectivity index (χ3n) is 3.89. The van der Waals surface area contributed by atoms with E-state index in [0.717, 1.165) is 16.9 Å². The summed E-state index contributed by atoms with van der Waals surface area (Å²) >= 11 is 0. The fourth-order valence-corrected chi connectivity index (χ4v) is 2.56. The van der Waals surface area contributed by atoms with Crippen LogP contribution in [0.2, 0.25) is 0 Å². The molecule has 1 aromatic heterocycles. The Hall–Kier alpha value is -3.08. The van der Waals surface area contributed by atoms with Crippen molar-refractivity contribution in [1.29, 1.82) is 0 Å². The first kappa shape index (κ1) is 15.8. The van der Waals surface area contributed by atoms with Crippen LogP contribution in [0.15, 0.2) is 60.8 Å². The van der Waals surface area contributed by atoms with Gasteiger partial charge in [-0.2, -0.15) is 5.10 Å². The normalized spacial score (nSPS) is 11.8. The van der Waals surface area contributed by atoms with Crippen molar-refractivity contribution in [1.82, 2.24) is 15.5 Å². The maximum absolute atomic E-state index is 12.6. The summed E-state index contributed by atoms with van der Waals surface area (Å²) in [7, 11) is 1.61. The standard InChI is InChI=1S/C19H19N3O2/c1-13(14-7-4-3-5-8-14)21-19(23)17-12-20-22-18(17)15-9-6-10-16(11-15)24-2/h3-13H,1-2H3,(H,20,22)(H,21,23)/t13-/m0/s1. The molecule has 3 rings (SSSR count). The van der Waals surface area contributed by atoms with Crippen LogP contribution in [0, 0.1) is 0 Å². The minimum Gasteiger partial charge on any atom is -0.497 e. The van der Waals surface area contributed by atoms with Gasteiger partial charge in [-0.1, -0.05) is 42.5 Å². The number of hydrogen-bond acceptors (Lipinski definition) is 3. The van der Waals surface area contributed by atoms with E-state index in [0.29, 0.717) is 11.3 Å². The van der Waals surface area contributed by atoms with Crippen molar-refractivity contribution in [2.75, 3.05) is 7.11 Å². The van der Waals surface area contributed by atoms with Crippen molar-refractivity contribution in [2.45, 2.75) is 13.0 Å². The predicted molar refractivity (Wildman–Crippen MR) is 92.9 cm³/mol. The highest BCUT2D eigenvalue weighted by Crippen LogP contribution is 2.25. The van der Waals surface area contributed by atoms with Gasteiger partial charge in [-0.05, 0) is 24.6 Å². The van der Waals surface area contributed by atoms with Crippen molar-refractivity contribution in [3.05, 3.63) is 71.9 Å². The van der Waals surface area contributed by atoms with E-state index >= 15 is 0 Å². The van der Waals surface area contributed by atoms with E-state index in [1.54, 1.807) is 13.3 Å². The molecule has 0 aliphatic carbocycles. The number of methoxy groups -OCH3 is 1. The number of hydrogen-bond donors (Lipinski definition) is 2. The molecule has 122 valence electrons. The van der Waals surface area contributed by atoms with Crippen LogP contribution < -0.4 is 10.1 Å². The lowest BCUT2D eigenvalue weighted by Gasteiger charge is -2.14. The van der Waals surface area contributed by atoms with Crippen LogP contribution in [-0.4, -0.2) is 23.2 Å². The molecule has 1 heterocycles. The van der Waals surface area contributed by atoms with Gasteiger partial charge in [-0.3, -0.25) is 9.89 Å². The molecular weight excluding hydrogens is 302 g/mol. The quantitative estimate of drug-likeness (QED) is 0.755. The van der Waals surface area contributed by atoms with Gasteiger partial charge in [0, 0.05) is 5.56 Å². The summed E-state index contributed by atoms with van der Waals surface area (Å²) in [5.74, 6) is 0.559. The van der Waals surface area contributed by atoms with Crippen molar-refractivity contribution >= 4 is 5.91 Å². The van der Waals surface area contributed by atoms with Crippen molar-refractivity contribution in [2.24, 2.45) is 0 Å². The van der Waals surface area contributed by atoms with Crippen LogP contribution in [0.5, 0.6) is 5.75 Å². The Bertz CT molecular complexity index is 827. The molecule has 2 aromatic carbocycles. The zero-order chi connectivity index (χ0) is 16.9. The highest BCUT2D eigenvalue weighted by atomic mass is 16.5. The van der Waals surface area contributed by atoms with E-state index in [1.165, 1.54) is 0 Å². The van der Waals surface area contributed by atoms with Gasteiger partial charge in [0.2, 0.25) is 0 Å². The van der Waals surface area contributed by atoms with E-state index in [1.807, 2.05) is 61.5 Å². The second-order valence-corrected chi connectivity index (χ2v) is 5.50. The van der Waals surface area contributed by atoms with Crippen molar-refractivity contribution < 1.29 is 9.53 Å². The van der Waals surface area contributed by atoms with Crippen LogP contribution >= 0.6 is 0 Å². The molecule has 0 spiro atoms. The Morgan fingerprint density at radius 2 is 1.96 bits per heavy atom. The lowest BCUT2D eigenvalue weighted by atomic mass is 10.1. The number of carbonyl (C=O) groups excluding carboxylic acids is 1. The van der Waals surface area contributed by atoms with Crippen molar-refractivity contribution in [3.8, 4) is 17.0 Å². The first-order valence-electron chi connectivity index (χ1n) is 7.72. The largest absolute Gasteiger partial charge is 0.497 e. The molecular formula is C19H19N3O2. The topological polar surface area (TPSA) is 67.0 Å². The molecule has 24 heavy (non-hydrogen) atoms. The lowest BCUT2D eigenvalue weighted by molar-refractivity contribution is 0.0940. The number of nitrogens with one attached hydrogen (secondary N) is 2. The number of H-pyrrole nitrogens is 1. The Balaban J connectivity index is 1.83. The first-order chi connectivity index (χ1) is 11.7. The van der Waals surface area contributed by atoms with Crippen LogP contribution in [0.1, 0.15) is 28.9 Å². The van der Waals surface area contributed by atoms with Gasteiger partial charge in [0.15, 0.2) is 0 Å². The van der Waals surface area contributed by atoms with E-state index < -0.39 is 0 Å². The summed E-state index contributed by atoms with van der Waals surface area (Å²) in [5.41, 5.74) is 3.08. The van der Waals surface area contributed by atoms with E-state index in [-0.39, 0.29) is 11.9 Å². The molecule has 1 amide bonds. The van der Waals surface area contributed by atoms with Crippen LogP contribution in [-0.2, 0) is 0 Å². The zero-order valence-corrected chi connectivity index (χ0v) is 13.6. The Morgan fingerprint density at radius 1 is 1.17 bits per heavy atom. The van der Waals surface area contributed by atoms with Gasteiger partial charge in [0.1, 0.15) is 5.75 Å². The molecule has 5 heteroatoms. The Morgan fingerprint density at radius 3 is 2.71 bits per heavy atom. The smallest absolute Gasteiger partial charge is 0.255 e. The Labute approximate surface area is 140 Å². The molecule has 0 fully saturated rings. The summed E-state index contributed by atoms with van der Waals surface area (Å²) in [6, 6.07) is 17.3. The fraction of sp³-hybridized carbons (Fsp3) is 0.158. The summed E-state index contributed by atoms with van der Waals surface area (Å²) in [6.07, 6.45) is 1.54. The fourth-order valence-electron chi connectivity index (χ4n) is 2.56. The molecule has 5 nitrogen and oxygen atoms in total. The molecule has 0 aliphatic rings. The Kier molecular flexibility index (Phi) is 4.61. The zero-order valence-electron chi connectivity index (χ0n) is 13.6. The maximum Gasteiger partial charge on any atom is 0.255 e. The van der Waals surface area contributed by atoms with Gasteiger partial charge in [-0.25, -0.2) is 0 Å². The van der Waals surface area contributed by atoms with Crippen molar-refractivity contribution in [3.63, 3.8) is 0 Å². The van der Waals surface area contributed by atoms with Gasteiger partial charge < -0.3 is 10.1 Å². The molecule has 0 aliphatic heterocycles. The SMILES string of the molecule is COc1cccc(-c2[nH]ncc2C(=O)N[C@@H](C)c2ccccc2)c1. The predicted octanol–water partition coefficient (Wildman–Crippen LogP) is 3.58. The summed E-state index contributed by atoms with van der Waals surface area (Å²) in [5, 5.41) is 9.94. The average Bonchev–Trinajstić information content (AvgIpc) is 3.12. The van der Waals surface area contributed by atoms with E-state index in [9.17, 15) is 4.79 Å². The molecule has 0 saturated heterocycles. The summed E-state index contributed by atoms with van der Waals surface area (Å²) in [4.78, 5) is 12.6. The highest BCUT2D eigenvalue weighted by molar-refractivity contribution is 6.00. The maximum atomic E-state index is 12.6. The minimum absolute atomic E-state index is 0.0910. The van der Waals surface area contributed by atoms with Gasteiger partial charge in [-0.15, -0.1) is 0 Å². The van der Waals surface area contributed by atoms with Crippen LogP contribution in [0.25, 0.3) is 11.3 Å². The average molecular weight is 321 g/mol. The summed E-state index contributed by atoms with van der Waals surface area (Å²) in [6.45, 7) is 1.96. The monoisotopic (exact) mass is 321 g/mol. The molecule has 1 atom stereocenters. The molecule has 0 bridgehead atoms. The number of aromatic amines is 1. The molecule has 2 N–H and O–H groups in total. The first-order valence-corrected chi connectivity index (χ1v) is 7.72. The van der Waals surface area contributed by atoms with Gasteiger partial charge >= 0.3 is 0 Å². The summed E-state index contributed by atoms with van der Waals surface area (Å²) < 4.78 is 5.24. The molecule has 0 saturated carbocycles. The highest BCUT2D eigenvalue weighted by Gasteiger charge is 2.18. The minimum atomic E-state index is -0.169.